The Kier molecular flexibility index (Phi) is 4.77. The highest BCUT2D eigenvalue weighted by Gasteiger charge is 2.25. The summed E-state index contributed by atoms with van der Waals surface area (Å²) in [7, 11) is 0. The molecule has 0 aromatic heterocycles. The van der Waals surface area contributed by atoms with Crippen LogP contribution in [0, 0.1) is 6.92 Å². The molecule has 1 N–H and O–H groups in total. The maximum atomic E-state index is 12.3. The Bertz CT molecular complexity index is 804. The van der Waals surface area contributed by atoms with E-state index in [9.17, 15) is 4.79 Å². The van der Waals surface area contributed by atoms with Gasteiger partial charge in [0, 0.05) is 5.02 Å². The van der Waals surface area contributed by atoms with E-state index in [1.165, 1.54) is 0 Å². The van der Waals surface area contributed by atoms with E-state index in [0.717, 1.165) is 11.1 Å². The Morgan fingerprint density at radius 2 is 1.96 bits per heavy atom. The first kappa shape index (κ1) is 17.4. The predicted molar refractivity (Wildman–Crippen MR) is 95.4 cm³/mol. The number of carbonyl (C=O) groups is 1. The first-order valence-corrected chi connectivity index (χ1v) is 8.33. The minimum absolute atomic E-state index is 0.0730. The standard InChI is InChI=1S/C19H20ClNO4/c1-12-8-14(20)5-7-15(12)23-10-18(22)21-19(2,3)13-4-6-16-17(9-13)25-11-24-16/h4-9H,10-11H2,1-3H3,(H,21,22). The molecule has 0 fully saturated rings. The van der Waals surface area contributed by atoms with Crippen molar-refractivity contribution in [2.45, 2.75) is 26.3 Å². The van der Waals surface area contributed by atoms with Crippen LogP contribution in [-0.2, 0) is 10.3 Å². The van der Waals surface area contributed by atoms with Gasteiger partial charge in [-0.25, -0.2) is 0 Å². The quantitative estimate of drug-likeness (QED) is 0.879. The van der Waals surface area contributed by atoms with E-state index in [1.54, 1.807) is 18.2 Å². The van der Waals surface area contributed by atoms with Gasteiger partial charge in [0.05, 0.1) is 5.54 Å². The lowest BCUT2D eigenvalue weighted by molar-refractivity contribution is -0.124. The van der Waals surface area contributed by atoms with E-state index in [1.807, 2.05) is 39.0 Å². The van der Waals surface area contributed by atoms with Gasteiger partial charge in [-0.2, -0.15) is 0 Å². The van der Waals surface area contributed by atoms with Crippen molar-refractivity contribution >= 4 is 17.5 Å². The monoisotopic (exact) mass is 361 g/mol. The molecular weight excluding hydrogens is 342 g/mol. The number of hydrogen-bond donors (Lipinski definition) is 1. The molecule has 132 valence electrons. The molecule has 0 bridgehead atoms. The molecule has 25 heavy (non-hydrogen) atoms. The fraction of sp³-hybridized carbons (Fsp3) is 0.316. The number of ether oxygens (including phenoxy) is 3. The molecule has 0 aliphatic carbocycles. The van der Waals surface area contributed by atoms with Crippen molar-refractivity contribution in [3.05, 3.63) is 52.5 Å². The van der Waals surface area contributed by atoms with Crippen molar-refractivity contribution in [1.82, 2.24) is 5.32 Å². The highest BCUT2D eigenvalue weighted by Crippen LogP contribution is 2.35. The topological polar surface area (TPSA) is 56.8 Å². The molecular formula is C19H20ClNO4. The van der Waals surface area contributed by atoms with Crippen LogP contribution in [0.2, 0.25) is 5.02 Å². The van der Waals surface area contributed by atoms with Crippen molar-refractivity contribution in [3.8, 4) is 17.2 Å². The molecule has 0 saturated heterocycles. The van der Waals surface area contributed by atoms with Gasteiger partial charge in [-0.3, -0.25) is 4.79 Å². The summed E-state index contributed by atoms with van der Waals surface area (Å²) in [6, 6.07) is 10.9. The summed E-state index contributed by atoms with van der Waals surface area (Å²) < 4.78 is 16.3. The third-order valence-electron chi connectivity index (χ3n) is 4.04. The van der Waals surface area contributed by atoms with Crippen LogP contribution in [-0.4, -0.2) is 19.3 Å². The molecule has 2 aromatic rings. The van der Waals surface area contributed by atoms with Crippen LogP contribution in [0.25, 0.3) is 0 Å². The Morgan fingerprint density at radius 3 is 2.72 bits per heavy atom. The molecule has 3 rings (SSSR count). The number of rotatable bonds is 5. The van der Waals surface area contributed by atoms with Gasteiger partial charge in [0.2, 0.25) is 6.79 Å². The fourth-order valence-electron chi connectivity index (χ4n) is 2.66. The molecule has 5 nitrogen and oxygen atoms in total. The molecule has 1 amide bonds. The second kappa shape index (κ2) is 6.84. The lowest BCUT2D eigenvalue weighted by atomic mass is 9.94. The van der Waals surface area contributed by atoms with E-state index >= 15 is 0 Å². The molecule has 0 atom stereocenters. The molecule has 0 radical (unpaired) electrons. The summed E-state index contributed by atoms with van der Waals surface area (Å²) in [5.41, 5.74) is 1.24. The van der Waals surface area contributed by atoms with Crippen LogP contribution < -0.4 is 19.5 Å². The number of fused-ring (bicyclic) bond motifs is 1. The molecule has 1 heterocycles. The van der Waals surface area contributed by atoms with E-state index in [0.29, 0.717) is 22.3 Å². The zero-order valence-corrected chi connectivity index (χ0v) is 15.1. The maximum absolute atomic E-state index is 12.3. The molecule has 0 unspecified atom stereocenters. The predicted octanol–water partition coefficient (Wildman–Crippen LogP) is 3.81. The second-order valence-corrected chi connectivity index (χ2v) is 6.88. The zero-order chi connectivity index (χ0) is 18.0. The summed E-state index contributed by atoms with van der Waals surface area (Å²) in [6.45, 7) is 5.89. The van der Waals surface area contributed by atoms with E-state index in [2.05, 4.69) is 5.32 Å². The average molecular weight is 362 g/mol. The van der Waals surface area contributed by atoms with Gasteiger partial charge in [-0.15, -0.1) is 0 Å². The normalized spacial score (nSPS) is 12.8. The number of nitrogens with one attached hydrogen (secondary N) is 1. The third-order valence-corrected chi connectivity index (χ3v) is 4.28. The van der Waals surface area contributed by atoms with Gasteiger partial charge in [0.1, 0.15) is 5.75 Å². The first-order chi connectivity index (χ1) is 11.8. The SMILES string of the molecule is Cc1cc(Cl)ccc1OCC(=O)NC(C)(C)c1ccc2c(c1)OCO2. The van der Waals surface area contributed by atoms with Gasteiger partial charge < -0.3 is 19.5 Å². The Morgan fingerprint density at radius 1 is 1.20 bits per heavy atom. The van der Waals surface area contributed by atoms with Gasteiger partial charge in [0.25, 0.3) is 5.91 Å². The number of halogens is 1. The van der Waals surface area contributed by atoms with Crippen molar-refractivity contribution in [1.29, 1.82) is 0 Å². The Hall–Kier alpha value is -2.40. The average Bonchev–Trinajstić information content (AvgIpc) is 3.01. The van der Waals surface area contributed by atoms with Crippen LogP contribution in [0.4, 0.5) is 0 Å². The molecule has 0 spiro atoms. The van der Waals surface area contributed by atoms with Crippen molar-refractivity contribution in [2.75, 3.05) is 13.4 Å². The number of amides is 1. The summed E-state index contributed by atoms with van der Waals surface area (Å²) in [6.07, 6.45) is 0. The summed E-state index contributed by atoms with van der Waals surface area (Å²) in [5, 5.41) is 3.62. The lowest BCUT2D eigenvalue weighted by Gasteiger charge is -2.27. The van der Waals surface area contributed by atoms with E-state index < -0.39 is 5.54 Å². The smallest absolute Gasteiger partial charge is 0.258 e. The van der Waals surface area contributed by atoms with E-state index in [-0.39, 0.29) is 19.3 Å². The van der Waals surface area contributed by atoms with Gasteiger partial charge in [-0.05, 0) is 62.2 Å². The summed E-state index contributed by atoms with van der Waals surface area (Å²) >= 11 is 5.92. The Balaban J connectivity index is 1.63. The van der Waals surface area contributed by atoms with E-state index in [4.69, 9.17) is 25.8 Å². The lowest BCUT2D eigenvalue weighted by Crippen LogP contribution is -2.43. The summed E-state index contributed by atoms with van der Waals surface area (Å²) in [5.74, 6) is 1.83. The molecule has 1 aliphatic heterocycles. The minimum atomic E-state index is -0.573. The minimum Gasteiger partial charge on any atom is -0.484 e. The van der Waals surface area contributed by atoms with Gasteiger partial charge in [0.15, 0.2) is 18.1 Å². The molecule has 1 aliphatic rings. The molecule has 6 heteroatoms. The highest BCUT2D eigenvalue weighted by atomic mass is 35.5. The van der Waals surface area contributed by atoms with Gasteiger partial charge in [-0.1, -0.05) is 17.7 Å². The zero-order valence-electron chi connectivity index (χ0n) is 14.4. The molecule has 0 saturated carbocycles. The second-order valence-electron chi connectivity index (χ2n) is 6.44. The van der Waals surface area contributed by atoms with Crippen LogP contribution in [0.1, 0.15) is 25.0 Å². The maximum Gasteiger partial charge on any atom is 0.258 e. The molecule has 2 aromatic carbocycles. The fourth-order valence-corrected chi connectivity index (χ4v) is 2.89. The van der Waals surface area contributed by atoms with Crippen LogP contribution >= 0.6 is 11.6 Å². The van der Waals surface area contributed by atoms with Crippen molar-refractivity contribution < 1.29 is 19.0 Å². The van der Waals surface area contributed by atoms with Crippen molar-refractivity contribution in [3.63, 3.8) is 0 Å². The number of aryl methyl sites for hydroxylation is 1. The third kappa shape index (κ3) is 3.99. The van der Waals surface area contributed by atoms with Crippen LogP contribution in [0.15, 0.2) is 36.4 Å². The number of benzene rings is 2. The largest absolute Gasteiger partial charge is 0.484 e. The number of carbonyl (C=O) groups excluding carboxylic acids is 1. The number of hydrogen-bond acceptors (Lipinski definition) is 4. The first-order valence-electron chi connectivity index (χ1n) is 7.95. The van der Waals surface area contributed by atoms with Gasteiger partial charge >= 0.3 is 0 Å². The highest BCUT2D eigenvalue weighted by molar-refractivity contribution is 6.30. The Labute approximate surface area is 151 Å². The van der Waals surface area contributed by atoms with Crippen molar-refractivity contribution in [2.24, 2.45) is 0 Å². The van der Waals surface area contributed by atoms with Crippen LogP contribution in [0.3, 0.4) is 0 Å². The van der Waals surface area contributed by atoms with Crippen LogP contribution in [0.5, 0.6) is 17.2 Å². The summed E-state index contributed by atoms with van der Waals surface area (Å²) in [4.78, 5) is 12.3.